The van der Waals surface area contributed by atoms with Crippen LogP contribution in [-0.4, -0.2) is 51.9 Å². The molecule has 1 aromatic rings. The minimum Gasteiger partial charge on any atom is -0.355 e. The molecule has 0 aliphatic carbocycles. The van der Waals surface area contributed by atoms with Crippen molar-refractivity contribution < 1.29 is 0 Å². The van der Waals surface area contributed by atoms with Gasteiger partial charge < -0.3 is 10.6 Å². The highest BCUT2D eigenvalue weighted by molar-refractivity contribution is 5.26. The number of aromatic nitrogens is 3. The van der Waals surface area contributed by atoms with Gasteiger partial charge in [0.2, 0.25) is 5.95 Å². The Kier molecular flexibility index (Phi) is 4.75. The first kappa shape index (κ1) is 14.8. The molecule has 21 heavy (non-hydrogen) atoms. The van der Waals surface area contributed by atoms with E-state index in [1.807, 2.05) is 0 Å². The molecule has 3 rings (SSSR count). The Morgan fingerprint density at radius 3 is 2.71 bits per heavy atom. The highest BCUT2D eigenvalue weighted by Gasteiger charge is 2.35. The third-order valence-corrected chi connectivity index (χ3v) is 4.80. The number of anilines is 1. The fourth-order valence-corrected chi connectivity index (χ4v) is 3.80. The highest BCUT2D eigenvalue weighted by Crippen LogP contribution is 2.35. The molecule has 0 radical (unpaired) electrons. The van der Waals surface area contributed by atoms with Crippen LogP contribution in [0.4, 0.5) is 5.95 Å². The minimum atomic E-state index is 0.452. The lowest BCUT2D eigenvalue weighted by Crippen LogP contribution is -2.43. The van der Waals surface area contributed by atoms with E-state index in [0.717, 1.165) is 38.0 Å². The molecule has 0 bridgehead atoms. The highest BCUT2D eigenvalue weighted by atomic mass is 15.4. The van der Waals surface area contributed by atoms with E-state index in [9.17, 15) is 0 Å². The summed E-state index contributed by atoms with van der Waals surface area (Å²) in [5, 5.41) is 15.7. The smallest absolute Gasteiger partial charge is 0.224 e. The quantitative estimate of drug-likeness (QED) is 0.863. The number of hydrogen-bond donors (Lipinski definition) is 2. The first-order valence-corrected chi connectivity index (χ1v) is 8.48. The van der Waals surface area contributed by atoms with Gasteiger partial charge >= 0.3 is 0 Å². The third kappa shape index (κ3) is 2.92. The number of likely N-dealkylation sites (tertiary alicyclic amines) is 1. The van der Waals surface area contributed by atoms with Gasteiger partial charge in [0.05, 0.1) is 6.04 Å². The molecule has 0 amide bonds. The lowest BCUT2D eigenvalue weighted by atomic mass is 10.0. The fourth-order valence-electron chi connectivity index (χ4n) is 3.80. The number of nitrogens with zero attached hydrogens (tertiary/aromatic N) is 4. The molecule has 2 aliphatic heterocycles. The van der Waals surface area contributed by atoms with Gasteiger partial charge in [-0.15, -0.1) is 10.2 Å². The maximum absolute atomic E-state index is 4.53. The summed E-state index contributed by atoms with van der Waals surface area (Å²) in [5.74, 6) is 2.08. The van der Waals surface area contributed by atoms with Crippen molar-refractivity contribution in [3.8, 4) is 0 Å². The van der Waals surface area contributed by atoms with E-state index in [1.54, 1.807) is 0 Å². The summed E-state index contributed by atoms with van der Waals surface area (Å²) in [7, 11) is 0. The van der Waals surface area contributed by atoms with Crippen LogP contribution in [0, 0.1) is 0 Å². The SMILES string of the molecule is CCNc1nnc(C2CCCN2C2CCNCC2)n1CC. The zero-order valence-electron chi connectivity index (χ0n) is 13.3. The summed E-state index contributed by atoms with van der Waals surface area (Å²) in [6.45, 7) is 9.61. The molecular formula is C15H28N6. The molecule has 0 aromatic carbocycles. The monoisotopic (exact) mass is 292 g/mol. The van der Waals surface area contributed by atoms with Crippen LogP contribution < -0.4 is 10.6 Å². The first-order valence-electron chi connectivity index (χ1n) is 8.48. The van der Waals surface area contributed by atoms with Crippen molar-refractivity contribution in [3.63, 3.8) is 0 Å². The number of piperidine rings is 1. The molecule has 2 N–H and O–H groups in total. The van der Waals surface area contributed by atoms with Crippen molar-refractivity contribution in [1.29, 1.82) is 0 Å². The zero-order valence-corrected chi connectivity index (χ0v) is 13.3. The molecule has 2 fully saturated rings. The summed E-state index contributed by atoms with van der Waals surface area (Å²) >= 11 is 0. The standard InChI is InChI=1S/C15H28N6/c1-3-17-15-19-18-14(20(15)4-2)13-6-5-11-21(13)12-7-9-16-10-8-12/h12-13,16H,3-11H2,1-2H3,(H,17,19). The molecule has 118 valence electrons. The van der Waals surface area contributed by atoms with Crippen LogP contribution in [0.5, 0.6) is 0 Å². The minimum absolute atomic E-state index is 0.452. The summed E-state index contributed by atoms with van der Waals surface area (Å²) in [6, 6.07) is 1.16. The van der Waals surface area contributed by atoms with Gasteiger partial charge in [-0.2, -0.15) is 0 Å². The maximum Gasteiger partial charge on any atom is 0.224 e. The molecule has 1 unspecified atom stereocenters. The van der Waals surface area contributed by atoms with Crippen molar-refractivity contribution in [2.45, 2.75) is 58.2 Å². The molecule has 1 atom stereocenters. The molecule has 3 heterocycles. The number of nitrogens with one attached hydrogen (secondary N) is 2. The Morgan fingerprint density at radius 1 is 1.19 bits per heavy atom. The van der Waals surface area contributed by atoms with Crippen molar-refractivity contribution in [1.82, 2.24) is 25.0 Å². The predicted octanol–water partition coefficient (Wildman–Crippen LogP) is 1.62. The van der Waals surface area contributed by atoms with Crippen LogP contribution in [0.2, 0.25) is 0 Å². The number of hydrogen-bond acceptors (Lipinski definition) is 5. The first-order chi connectivity index (χ1) is 10.3. The van der Waals surface area contributed by atoms with Crippen LogP contribution in [0.15, 0.2) is 0 Å². The molecule has 0 spiro atoms. The van der Waals surface area contributed by atoms with Crippen molar-refractivity contribution in [2.75, 3.05) is 31.5 Å². The molecular weight excluding hydrogens is 264 g/mol. The maximum atomic E-state index is 4.53. The summed E-state index contributed by atoms with van der Waals surface area (Å²) in [6.07, 6.45) is 5.02. The van der Waals surface area contributed by atoms with E-state index in [-0.39, 0.29) is 0 Å². The second-order valence-corrected chi connectivity index (χ2v) is 6.03. The van der Waals surface area contributed by atoms with Crippen LogP contribution in [0.1, 0.15) is 51.4 Å². The van der Waals surface area contributed by atoms with Crippen LogP contribution >= 0.6 is 0 Å². The summed E-state index contributed by atoms with van der Waals surface area (Å²) in [5.41, 5.74) is 0. The largest absolute Gasteiger partial charge is 0.355 e. The Labute approximate surface area is 127 Å². The van der Waals surface area contributed by atoms with E-state index in [1.165, 1.54) is 32.2 Å². The van der Waals surface area contributed by atoms with E-state index >= 15 is 0 Å². The average molecular weight is 292 g/mol. The van der Waals surface area contributed by atoms with Crippen molar-refractivity contribution >= 4 is 5.95 Å². The van der Waals surface area contributed by atoms with Crippen LogP contribution in [0.3, 0.4) is 0 Å². The third-order valence-electron chi connectivity index (χ3n) is 4.80. The molecule has 6 nitrogen and oxygen atoms in total. The van der Waals surface area contributed by atoms with E-state index in [4.69, 9.17) is 0 Å². The molecule has 0 saturated carbocycles. The van der Waals surface area contributed by atoms with Gasteiger partial charge in [0.1, 0.15) is 0 Å². The number of rotatable bonds is 5. The van der Waals surface area contributed by atoms with Gasteiger partial charge in [-0.05, 0) is 59.2 Å². The van der Waals surface area contributed by atoms with E-state index < -0.39 is 0 Å². The molecule has 6 heteroatoms. The predicted molar refractivity (Wildman–Crippen MR) is 84.4 cm³/mol. The van der Waals surface area contributed by atoms with Gasteiger partial charge in [0.25, 0.3) is 0 Å². The Balaban J connectivity index is 1.81. The van der Waals surface area contributed by atoms with E-state index in [2.05, 4.69) is 44.1 Å². The summed E-state index contributed by atoms with van der Waals surface area (Å²) < 4.78 is 2.26. The second-order valence-electron chi connectivity index (χ2n) is 6.03. The van der Waals surface area contributed by atoms with Gasteiger partial charge in [0, 0.05) is 19.1 Å². The topological polar surface area (TPSA) is 58.0 Å². The lowest BCUT2D eigenvalue weighted by Gasteiger charge is -2.35. The van der Waals surface area contributed by atoms with Crippen molar-refractivity contribution in [2.24, 2.45) is 0 Å². The average Bonchev–Trinajstić information content (AvgIpc) is 3.14. The fraction of sp³-hybridized carbons (Fsp3) is 0.867. The van der Waals surface area contributed by atoms with Gasteiger partial charge in [-0.25, -0.2) is 0 Å². The molecule has 1 aromatic heterocycles. The Hall–Kier alpha value is -1.14. The van der Waals surface area contributed by atoms with Gasteiger partial charge in [0.15, 0.2) is 5.82 Å². The summed E-state index contributed by atoms with van der Waals surface area (Å²) in [4.78, 5) is 2.69. The normalized spacial score (nSPS) is 24.6. The Morgan fingerprint density at radius 2 is 2.00 bits per heavy atom. The second kappa shape index (κ2) is 6.75. The molecule has 2 aliphatic rings. The van der Waals surface area contributed by atoms with E-state index in [0.29, 0.717) is 12.1 Å². The Bertz CT molecular complexity index is 451. The van der Waals surface area contributed by atoms with Gasteiger partial charge in [-0.3, -0.25) is 9.47 Å². The zero-order chi connectivity index (χ0) is 14.7. The van der Waals surface area contributed by atoms with Crippen LogP contribution in [-0.2, 0) is 6.54 Å². The van der Waals surface area contributed by atoms with Crippen molar-refractivity contribution in [3.05, 3.63) is 5.82 Å². The van der Waals surface area contributed by atoms with Gasteiger partial charge in [-0.1, -0.05) is 0 Å². The lowest BCUT2D eigenvalue weighted by molar-refractivity contribution is 0.141. The van der Waals surface area contributed by atoms with Crippen LogP contribution in [0.25, 0.3) is 0 Å². The molecule has 2 saturated heterocycles.